The van der Waals surface area contributed by atoms with Gasteiger partial charge in [0.25, 0.3) is 0 Å². The van der Waals surface area contributed by atoms with Crippen LogP contribution in [0.3, 0.4) is 0 Å². The first-order chi connectivity index (χ1) is 16.1. The average Bonchev–Trinajstić information content (AvgIpc) is 2.77. The predicted molar refractivity (Wildman–Crippen MR) is 147 cm³/mol. The quantitative estimate of drug-likeness (QED) is 0.255. The molecule has 0 aliphatic heterocycles. The minimum Gasteiger partial charge on any atom is -0.397 e. The van der Waals surface area contributed by atoms with Gasteiger partial charge in [-0.25, -0.2) is 0 Å². The van der Waals surface area contributed by atoms with Crippen molar-refractivity contribution in [2.24, 2.45) is 0 Å². The smallest absolute Gasteiger partial charge is 0.0402 e. The van der Waals surface area contributed by atoms with Crippen molar-refractivity contribution in [2.45, 2.75) is 150 Å². The highest BCUT2D eigenvalue weighted by atomic mass is 16.3. The van der Waals surface area contributed by atoms with Crippen molar-refractivity contribution >= 4 is 0 Å². The molecule has 0 aromatic rings. The van der Waals surface area contributed by atoms with E-state index in [-0.39, 0.29) is 33.0 Å². The van der Waals surface area contributed by atoms with Crippen LogP contribution in [0.5, 0.6) is 0 Å². The Morgan fingerprint density at radius 1 is 0.242 bits per heavy atom. The van der Waals surface area contributed by atoms with Crippen molar-refractivity contribution in [3.8, 4) is 0 Å². The lowest BCUT2D eigenvalue weighted by Crippen LogP contribution is -1.85. The number of rotatable bonds is 0. The van der Waals surface area contributed by atoms with Crippen molar-refractivity contribution in [3.63, 3.8) is 0 Å². The molecule has 0 unspecified atom stereocenters. The molecule has 0 saturated heterocycles. The Hall–Kier alpha value is -0.200. The van der Waals surface area contributed by atoms with E-state index in [4.69, 9.17) is 25.5 Å². The third-order valence-electron chi connectivity index (χ3n) is 4.50. The van der Waals surface area contributed by atoms with Gasteiger partial charge in [-0.05, 0) is 34.6 Å². The highest BCUT2D eigenvalue weighted by Gasteiger charge is 1.96. The molecule has 0 spiro atoms. The molecule has 5 heteroatoms. The van der Waals surface area contributed by atoms with Crippen LogP contribution < -0.4 is 0 Å². The zero-order valence-corrected chi connectivity index (χ0v) is 23.5. The van der Waals surface area contributed by atoms with Crippen LogP contribution in [-0.4, -0.2) is 58.6 Å². The van der Waals surface area contributed by atoms with E-state index in [9.17, 15) is 0 Å². The minimum absolute atomic E-state index is 0.250. The van der Waals surface area contributed by atoms with Gasteiger partial charge in [-0.3, -0.25) is 0 Å². The van der Waals surface area contributed by atoms with Crippen LogP contribution in [0.2, 0.25) is 0 Å². The van der Waals surface area contributed by atoms with Gasteiger partial charge in [-0.2, -0.15) is 0 Å². The molecule has 0 bridgehead atoms. The summed E-state index contributed by atoms with van der Waals surface area (Å²) in [6.07, 6.45) is 27.0. The van der Waals surface area contributed by atoms with Gasteiger partial charge in [0.1, 0.15) is 0 Å². The van der Waals surface area contributed by atoms with Crippen molar-refractivity contribution in [2.75, 3.05) is 33.0 Å². The van der Waals surface area contributed by atoms with Crippen LogP contribution in [0.15, 0.2) is 0 Å². The maximum Gasteiger partial charge on any atom is 0.0402 e. The highest BCUT2D eigenvalue weighted by Crippen LogP contribution is 2.16. The van der Waals surface area contributed by atoms with E-state index in [1.54, 1.807) is 34.6 Å². The molecule has 1 rings (SSSR count). The summed E-state index contributed by atoms with van der Waals surface area (Å²) >= 11 is 0. The Labute approximate surface area is 209 Å². The molecule has 0 heterocycles. The summed E-state index contributed by atoms with van der Waals surface area (Å²) in [5.74, 6) is 0. The van der Waals surface area contributed by atoms with Gasteiger partial charge < -0.3 is 25.5 Å². The molecule has 0 radical (unpaired) electrons. The summed E-state index contributed by atoms with van der Waals surface area (Å²) in [7, 11) is 0. The van der Waals surface area contributed by atoms with Crippen LogP contribution in [0.4, 0.5) is 0 Å². The summed E-state index contributed by atoms with van der Waals surface area (Å²) in [6.45, 7) is 9.65. The average molecular weight is 483 g/mol. The third-order valence-corrected chi connectivity index (χ3v) is 4.50. The van der Waals surface area contributed by atoms with Crippen LogP contribution >= 0.6 is 0 Å². The van der Waals surface area contributed by atoms with Gasteiger partial charge in [-0.15, -0.1) is 0 Å². The molecular formula is C28H66O5. The molecule has 5 nitrogen and oxygen atoms in total. The van der Waals surface area contributed by atoms with E-state index in [1.807, 2.05) is 0 Å². The topological polar surface area (TPSA) is 101 Å². The molecule has 1 aliphatic rings. The van der Waals surface area contributed by atoms with E-state index in [0.29, 0.717) is 0 Å². The second-order valence-electron chi connectivity index (χ2n) is 7.95. The minimum atomic E-state index is 0.250. The number of aliphatic hydroxyl groups is 5. The molecule has 33 heavy (non-hydrogen) atoms. The van der Waals surface area contributed by atoms with Crippen LogP contribution in [0.25, 0.3) is 0 Å². The summed E-state index contributed by atoms with van der Waals surface area (Å²) in [6, 6.07) is 0. The van der Waals surface area contributed by atoms with Crippen molar-refractivity contribution in [3.05, 3.63) is 0 Å². The maximum absolute atomic E-state index is 7.57. The fourth-order valence-corrected chi connectivity index (χ4v) is 3.18. The first-order valence-electron chi connectivity index (χ1n) is 14.1. The predicted octanol–water partition coefficient (Wildman–Crippen LogP) is 7.01. The van der Waals surface area contributed by atoms with Gasteiger partial charge in [0, 0.05) is 33.0 Å². The van der Waals surface area contributed by atoms with Crippen molar-refractivity contribution in [1.82, 2.24) is 0 Å². The Kier molecular flexibility index (Phi) is 75.5. The zero-order valence-electron chi connectivity index (χ0n) is 23.5. The Bertz CT molecular complexity index is 142. The van der Waals surface area contributed by atoms with Crippen LogP contribution in [0, 0.1) is 0 Å². The summed E-state index contributed by atoms with van der Waals surface area (Å²) in [4.78, 5) is 0. The summed E-state index contributed by atoms with van der Waals surface area (Å²) < 4.78 is 0. The molecule has 1 saturated carbocycles. The van der Waals surface area contributed by atoms with E-state index < -0.39 is 0 Å². The Morgan fingerprint density at radius 3 is 0.303 bits per heavy atom. The zero-order chi connectivity index (χ0) is 26.3. The van der Waals surface area contributed by atoms with E-state index in [2.05, 4.69) is 0 Å². The third kappa shape index (κ3) is 89.1. The standard InChI is InChI=1S/C18H36.5C2H6O/c1-2-4-6-8-10-12-14-16-18-17-15-13-11-9-7-5-3-1;5*1-2-3/h1-18H2;5*3H,2H2,1H3. The van der Waals surface area contributed by atoms with Crippen LogP contribution in [0.1, 0.15) is 150 Å². The monoisotopic (exact) mass is 482 g/mol. The maximum atomic E-state index is 7.57. The van der Waals surface area contributed by atoms with E-state index in [0.717, 1.165) is 0 Å². The lowest BCUT2D eigenvalue weighted by atomic mass is 10.0. The number of hydrogen-bond acceptors (Lipinski definition) is 5. The molecule has 5 N–H and O–H groups in total. The van der Waals surface area contributed by atoms with Crippen molar-refractivity contribution < 1.29 is 25.5 Å². The normalized spacial score (nSPS) is 15.8. The molecule has 0 aromatic heterocycles. The fraction of sp³-hybridized carbons (Fsp3) is 1.00. The molecule has 1 aliphatic carbocycles. The first-order valence-corrected chi connectivity index (χ1v) is 14.1. The Balaban J connectivity index is -0.000000143. The lowest BCUT2D eigenvalue weighted by Gasteiger charge is -2.05. The van der Waals surface area contributed by atoms with E-state index in [1.165, 1.54) is 116 Å². The molecule has 1 fully saturated rings. The summed E-state index contributed by atoms with van der Waals surface area (Å²) in [5.41, 5.74) is 0. The summed E-state index contributed by atoms with van der Waals surface area (Å²) in [5, 5.41) is 37.8. The number of hydrogen-bond donors (Lipinski definition) is 5. The molecule has 0 atom stereocenters. The molecule has 0 aromatic carbocycles. The van der Waals surface area contributed by atoms with Gasteiger partial charge in [0.2, 0.25) is 0 Å². The van der Waals surface area contributed by atoms with Crippen LogP contribution in [-0.2, 0) is 0 Å². The largest absolute Gasteiger partial charge is 0.397 e. The van der Waals surface area contributed by atoms with Gasteiger partial charge in [0.15, 0.2) is 0 Å². The first kappa shape index (κ1) is 42.9. The number of aliphatic hydroxyl groups excluding tert-OH is 5. The van der Waals surface area contributed by atoms with E-state index >= 15 is 0 Å². The second kappa shape index (κ2) is 58.0. The van der Waals surface area contributed by atoms with Gasteiger partial charge in [-0.1, -0.05) is 116 Å². The highest BCUT2D eigenvalue weighted by molar-refractivity contribution is 4.52. The van der Waals surface area contributed by atoms with Crippen molar-refractivity contribution in [1.29, 1.82) is 0 Å². The fourth-order valence-electron chi connectivity index (χ4n) is 3.18. The molecule has 0 amide bonds. The second-order valence-corrected chi connectivity index (χ2v) is 7.95. The lowest BCUT2D eigenvalue weighted by molar-refractivity contribution is 0.318. The molecule has 208 valence electrons. The molecular weight excluding hydrogens is 416 g/mol. The Morgan fingerprint density at radius 2 is 0.273 bits per heavy atom. The van der Waals surface area contributed by atoms with Gasteiger partial charge in [0.05, 0.1) is 0 Å². The SMILES string of the molecule is C1CCCCCCCCCCCCCCCCC1.CCO.CCO.CCO.CCO.CCO. The van der Waals surface area contributed by atoms with Gasteiger partial charge >= 0.3 is 0 Å².